The summed E-state index contributed by atoms with van der Waals surface area (Å²) in [6.45, 7) is 3.56. The third-order valence-electron chi connectivity index (χ3n) is 4.35. The van der Waals surface area contributed by atoms with E-state index in [0.717, 1.165) is 18.7 Å². The second-order valence-electron chi connectivity index (χ2n) is 6.15. The highest BCUT2D eigenvalue weighted by Gasteiger charge is 2.20. The molecule has 2 rings (SSSR count). The fourth-order valence-electron chi connectivity index (χ4n) is 2.75. The summed E-state index contributed by atoms with van der Waals surface area (Å²) in [5.74, 6) is 1.01. The lowest BCUT2D eigenvalue weighted by Gasteiger charge is -2.32. The first-order chi connectivity index (χ1) is 12.0. The van der Waals surface area contributed by atoms with E-state index in [0.29, 0.717) is 37.6 Å². The number of hydrogen-bond donors (Lipinski definition) is 1. The van der Waals surface area contributed by atoms with Gasteiger partial charge in [-0.15, -0.1) is 0 Å². The zero-order chi connectivity index (χ0) is 18.2. The van der Waals surface area contributed by atoms with Gasteiger partial charge in [-0.3, -0.25) is 9.59 Å². The zero-order valence-corrected chi connectivity index (χ0v) is 15.2. The zero-order valence-electron chi connectivity index (χ0n) is 15.2. The Labute approximate surface area is 148 Å². The molecule has 1 aliphatic heterocycles. The number of nitrogens with zero attached hydrogens (tertiary/aromatic N) is 2. The van der Waals surface area contributed by atoms with Crippen molar-refractivity contribution in [3.8, 4) is 11.5 Å². The highest BCUT2D eigenvalue weighted by Crippen LogP contribution is 2.27. The van der Waals surface area contributed by atoms with Crippen molar-refractivity contribution in [1.29, 1.82) is 0 Å². The Morgan fingerprint density at radius 1 is 1.08 bits per heavy atom. The molecule has 1 saturated heterocycles. The van der Waals surface area contributed by atoms with E-state index in [-0.39, 0.29) is 18.2 Å². The summed E-state index contributed by atoms with van der Waals surface area (Å²) >= 11 is 0. The number of nitrogens with one attached hydrogen (secondary N) is 1. The van der Waals surface area contributed by atoms with Gasteiger partial charge < -0.3 is 24.6 Å². The van der Waals surface area contributed by atoms with Crippen LogP contribution >= 0.6 is 0 Å². The molecule has 1 aliphatic rings. The van der Waals surface area contributed by atoms with Gasteiger partial charge in [0.2, 0.25) is 11.8 Å². The van der Waals surface area contributed by atoms with Crippen LogP contribution in [-0.2, 0) is 16.0 Å². The number of piperazine rings is 1. The number of benzene rings is 1. The van der Waals surface area contributed by atoms with Crippen LogP contribution in [0.5, 0.6) is 11.5 Å². The fourth-order valence-corrected chi connectivity index (χ4v) is 2.75. The van der Waals surface area contributed by atoms with Gasteiger partial charge in [-0.25, -0.2) is 0 Å². The minimum absolute atomic E-state index is 0.0877. The molecule has 1 aromatic carbocycles. The SMILES string of the molecule is COc1ccc(CCNC(=O)CC(=O)N2CCN(C)CC2)cc1OC. The average molecular weight is 349 g/mol. The van der Waals surface area contributed by atoms with Crippen molar-refractivity contribution in [3.05, 3.63) is 23.8 Å². The van der Waals surface area contributed by atoms with Crippen molar-refractivity contribution >= 4 is 11.8 Å². The molecule has 1 aromatic rings. The molecule has 2 amide bonds. The number of carbonyl (C=O) groups is 2. The van der Waals surface area contributed by atoms with Crippen LogP contribution in [0.3, 0.4) is 0 Å². The molecule has 7 nitrogen and oxygen atoms in total. The first kappa shape index (κ1) is 19.1. The number of hydrogen-bond acceptors (Lipinski definition) is 5. The Morgan fingerprint density at radius 3 is 2.40 bits per heavy atom. The van der Waals surface area contributed by atoms with Gasteiger partial charge in [0.1, 0.15) is 6.42 Å². The summed E-state index contributed by atoms with van der Waals surface area (Å²) in [5, 5.41) is 2.81. The summed E-state index contributed by atoms with van der Waals surface area (Å²) in [6, 6.07) is 5.66. The van der Waals surface area contributed by atoms with E-state index >= 15 is 0 Å². The standard InChI is InChI=1S/C18H27N3O4/c1-20-8-10-21(11-9-20)18(23)13-17(22)19-7-6-14-4-5-15(24-2)16(12-14)25-3/h4-5,12H,6-11,13H2,1-3H3,(H,19,22). The van der Waals surface area contributed by atoms with Crippen molar-refractivity contribution in [2.45, 2.75) is 12.8 Å². The van der Waals surface area contributed by atoms with Crippen LogP contribution < -0.4 is 14.8 Å². The second-order valence-corrected chi connectivity index (χ2v) is 6.15. The van der Waals surface area contributed by atoms with Crippen LogP contribution in [0.2, 0.25) is 0 Å². The van der Waals surface area contributed by atoms with Gasteiger partial charge >= 0.3 is 0 Å². The van der Waals surface area contributed by atoms with Gasteiger partial charge in [0, 0.05) is 32.7 Å². The predicted molar refractivity (Wildman–Crippen MR) is 95.0 cm³/mol. The highest BCUT2D eigenvalue weighted by atomic mass is 16.5. The van der Waals surface area contributed by atoms with Crippen molar-refractivity contribution < 1.29 is 19.1 Å². The van der Waals surface area contributed by atoms with Gasteiger partial charge in [0.05, 0.1) is 14.2 Å². The monoisotopic (exact) mass is 349 g/mol. The van der Waals surface area contributed by atoms with Gasteiger partial charge in [-0.1, -0.05) is 6.07 Å². The topological polar surface area (TPSA) is 71.1 Å². The molecule has 0 bridgehead atoms. The number of carbonyl (C=O) groups excluding carboxylic acids is 2. The van der Waals surface area contributed by atoms with E-state index in [1.807, 2.05) is 25.2 Å². The Hall–Kier alpha value is -2.28. The molecular formula is C18H27N3O4. The molecule has 25 heavy (non-hydrogen) atoms. The van der Waals surface area contributed by atoms with Gasteiger partial charge in [-0.2, -0.15) is 0 Å². The molecule has 1 heterocycles. The number of methoxy groups -OCH3 is 2. The lowest BCUT2D eigenvalue weighted by atomic mass is 10.1. The van der Waals surface area contributed by atoms with Crippen LogP contribution in [0.1, 0.15) is 12.0 Å². The van der Waals surface area contributed by atoms with Crippen molar-refractivity contribution in [1.82, 2.24) is 15.1 Å². The Kier molecular flexibility index (Phi) is 7.06. The quantitative estimate of drug-likeness (QED) is 0.727. The van der Waals surface area contributed by atoms with Crippen LogP contribution in [-0.4, -0.2) is 75.6 Å². The van der Waals surface area contributed by atoms with E-state index in [9.17, 15) is 9.59 Å². The third-order valence-corrected chi connectivity index (χ3v) is 4.35. The van der Waals surface area contributed by atoms with Gasteiger partial charge in [0.15, 0.2) is 11.5 Å². The van der Waals surface area contributed by atoms with Crippen LogP contribution in [0.4, 0.5) is 0 Å². The molecule has 138 valence electrons. The minimum atomic E-state index is -0.232. The van der Waals surface area contributed by atoms with E-state index in [1.54, 1.807) is 19.1 Å². The minimum Gasteiger partial charge on any atom is -0.493 e. The highest BCUT2D eigenvalue weighted by molar-refractivity contribution is 5.96. The van der Waals surface area contributed by atoms with Crippen LogP contribution in [0.15, 0.2) is 18.2 Å². The Balaban J connectivity index is 1.74. The maximum Gasteiger partial charge on any atom is 0.232 e. The van der Waals surface area contributed by atoms with Crippen LogP contribution in [0, 0.1) is 0 Å². The number of ether oxygens (including phenoxy) is 2. The molecule has 0 aliphatic carbocycles. The van der Waals surface area contributed by atoms with Crippen LogP contribution in [0.25, 0.3) is 0 Å². The average Bonchev–Trinajstić information content (AvgIpc) is 2.62. The lowest BCUT2D eigenvalue weighted by molar-refractivity contribution is -0.137. The molecule has 0 atom stereocenters. The molecule has 1 fully saturated rings. The van der Waals surface area contributed by atoms with Crippen molar-refractivity contribution in [2.75, 3.05) is 54.0 Å². The first-order valence-electron chi connectivity index (χ1n) is 8.47. The molecule has 0 radical (unpaired) electrons. The second kappa shape index (κ2) is 9.27. The first-order valence-corrected chi connectivity index (χ1v) is 8.47. The molecule has 0 saturated carbocycles. The Bertz CT molecular complexity index is 598. The van der Waals surface area contributed by atoms with Gasteiger partial charge in [-0.05, 0) is 31.2 Å². The smallest absolute Gasteiger partial charge is 0.232 e. The molecule has 0 aromatic heterocycles. The van der Waals surface area contributed by atoms with E-state index < -0.39 is 0 Å². The fraction of sp³-hybridized carbons (Fsp3) is 0.556. The number of amides is 2. The maximum absolute atomic E-state index is 12.1. The summed E-state index contributed by atoms with van der Waals surface area (Å²) in [4.78, 5) is 28.0. The normalized spacial score (nSPS) is 14.9. The van der Waals surface area contributed by atoms with Gasteiger partial charge in [0.25, 0.3) is 0 Å². The number of likely N-dealkylation sites (N-methyl/N-ethyl adjacent to an activating group) is 1. The third kappa shape index (κ3) is 5.63. The maximum atomic E-state index is 12.1. The van der Waals surface area contributed by atoms with E-state index in [2.05, 4.69) is 10.2 Å². The number of rotatable bonds is 7. The molecule has 0 unspecified atom stereocenters. The summed E-state index contributed by atoms with van der Waals surface area (Å²) in [6.07, 6.45) is 0.574. The lowest BCUT2D eigenvalue weighted by Crippen LogP contribution is -2.48. The van der Waals surface area contributed by atoms with E-state index in [4.69, 9.17) is 9.47 Å². The Morgan fingerprint density at radius 2 is 1.76 bits per heavy atom. The van der Waals surface area contributed by atoms with Crippen molar-refractivity contribution in [3.63, 3.8) is 0 Å². The summed E-state index contributed by atoms with van der Waals surface area (Å²) < 4.78 is 10.5. The van der Waals surface area contributed by atoms with Crippen molar-refractivity contribution in [2.24, 2.45) is 0 Å². The molecule has 7 heteroatoms. The van der Waals surface area contributed by atoms with E-state index in [1.165, 1.54) is 0 Å². The molecule has 1 N–H and O–H groups in total. The largest absolute Gasteiger partial charge is 0.493 e. The molecular weight excluding hydrogens is 322 g/mol. The molecule has 0 spiro atoms. The summed E-state index contributed by atoms with van der Waals surface area (Å²) in [5.41, 5.74) is 1.03. The summed E-state index contributed by atoms with van der Waals surface area (Å²) in [7, 11) is 5.21. The predicted octanol–water partition coefficient (Wildman–Crippen LogP) is 0.527.